The monoisotopic (exact) mass is 135 g/mol. The third-order valence-electron chi connectivity index (χ3n) is 0.716. The minimum Gasteiger partial charge on any atom is -0.478 e. The summed E-state index contributed by atoms with van der Waals surface area (Å²) in [7, 11) is 0. The molecule has 1 fully saturated rings. The molecule has 46 valence electrons. The lowest BCUT2D eigenvalue weighted by Gasteiger charge is -1.97. The van der Waals surface area contributed by atoms with Gasteiger partial charge in [0.2, 0.25) is 6.23 Å². The van der Waals surface area contributed by atoms with E-state index in [9.17, 15) is 4.79 Å². The van der Waals surface area contributed by atoms with E-state index in [0.29, 0.717) is 5.88 Å². The predicted molar refractivity (Wildman–Crippen MR) is 28.1 cm³/mol. The molecule has 1 heterocycles. The van der Waals surface area contributed by atoms with Gasteiger partial charge in [-0.25, -0.2) is 4.79 Å². The van der Waals surface area contributed by atoms with Gasteiger partial charge >= 0.3 is 5.97 Å². The molecule has 8 heavy (non-hydrogen) atoms. The molecule has 0 bridgehead atoms. The molecule has 0 radical (unpaired) electrons. The Morgan fingerprint density at radius 3 is 3.00 bits per heavy atom. The van der Waals surface area contributed by atoms with E-state index in [4.69, 9.17) is 5.11 Å². The summed E-state index contributed by atoms with van der Waals surface area (Å²) in [6, 6.07) is 0. The molecule has 5 heteroatoms. The minimum atomic E-state index is -0.963. The highest BCUT2D eigenvalue weighted by Gasteiger charge is 2.22. The summed E-state index contributed by atoms with van der Waals surface area (Å²) < 4.78 is 4.62. The Morgan fingerprint density at radius 1 is 2.00 bits per heavy atom. The molecular formula is C3H5NO3S. The SMILES string of the molecule is O=C(O)[C@H]1NCSO1. The summed E-state index contributed by atoms with van der Waals surface area (Å²) in [5.74, 6) is -0.410. The smallest absolute Gasteiger partial charge is 0.349 e. The first-order chi connectivity index (χ1) is 3.80. The molecule has 1 aliphatic heterocycles. The second-order valence-electron chi connectivity index (χ2n) is 1.28. The van der Waals surface area contributed by atoms with Gasteiger partial charge in [-0.15, -0.1) is 0 Å². The van der Waals surface area contributed by atoms with E-state index in [1.807, 2.05) is 0 Å². The Bertz CT molecular complexity index is 101. The van der Waals surface area contributed by atoms with Crippen molar-refractivity contribution in [3.05, 3.63) is 0 Å². The van der Waals surface area contributed by atoms with Gasteiger partial charge in [0.25, 0.3) is 0 Å². The predicted octanol–water partition coefficient (Wildman–Crippen LogP) is -0.377. The molecule has 4 nitrogen and oxygen atoms in total. The summed E-state index contributed by atoms with van der Waals surface area (Å²) in [6.45, 7) is 0. The number of carboxylic acid groups (broad SMARTS) is 1. The molecule has 0 amide bonds. The van der Waals surface area contributed by atoms with Crippen LogP contribution in [0.15, 0.2) is 0 Å². The first-order valence-corrected chi connectivity index (χ1v) is 2.96. The normalized spacial score (nSPS) is 28.2. The Hall–Kier alpha value is -0.260. The molecule has 1 saturated heterocycles. The van der Waals surface area contributed by atoms with Crippen LogP contribution in [-0.4, -0.2) is 23.2 Å². The fourth-order valence-corrected chi connectivity index (χ4v) is 0.948. The third-order valence-corrected chi connectivity index (χ3v) is 1.33. The molecule has 2 N–H and O–H groups in total. The van der Waals surface area contributed by atoms with Crippen LogP contribution < -0.4 is 5.32 Å². The Kier molecular flexibility index (Phi) is 1.72. The molecule has 1 aliphatic rings. The zero-order valence-corrected chi connectivity index (χ0v) is 4.77. The molecular weight excluding hydrogens is 130 g/mol. The van der Waals surface area contributed by atoms with E-state index >= 15 is 0 Å². The molecule has 0 aliphatic carbocycles. The maximum atomic E-state index is 10.0. The highest BCUT2D eigenvalue weighted by molar-refractivity contribution is 7.94. The summed E-state index contributed by atoms with van der Waals surface area (Å²) in [4.78, 5) is 10.0. The van der Waals surface area contributed by atoms with Crippen molar-refractivity contribution in [3.8, 4) is 0 Å². The summed E-state index contributed by atoms with van der Waals surface area (Å²) in [5, 5.41) is 10.8. The number of hydrogen-bond acceptors (Lipinski definition) is 4. The van der Waals surface area contributed by atoms with Crippen molar-refractivity contribution in [2.75, 3.05) is 5.88 Å². The van der Waals surface area contributed by atoms with Gasteiger partial charge in [-0.3, -0.25) is 9.50 Å². The number of rotatable bonds is 1. The van der Waals surface area contributed by atoms with Gasteiger partial charge in [0.05, 0.1) is 5.88 Å². The fourth-order valence-electron chi connectivity index (χ4n) is 0.374. The quantitative estimate of drug-likeness (QED) is 0.480. The molecule has 0 aromatic carbocycles. The van der Waals surface area contributed by atoms with Crippen LogP contribution in [0.5, 0.6) is 0 Å². The number of carbonyl (C=O) groups is 1. The zero-order valence-electron chi connectivity index (χ0n) is 3.96. The van der Waals surface area contributed by atoms with E-state index in [2.05, 4.69) is 9.50 Å². The van der Waals surface area contributed by atoms with Gasteiger partial charge in [-0.1, -0.05) is 0 Å². The highest BCUT2D eigenvalue weighted by atomic mass is 32.2. The van der Waals surface area contributed by atoms with E-state index in [1.54, 1.807) is 0 Å². The number of aliphatic carboxylic acids is 1. The van der Waals surface area contributed by atoms with Gasteiger partial charge in [0.15, 0.2) is 0 Å². The molecule has 1 rings (SSSR count). The van der Waals surface area contributed by atoms with Crippen LogP contribution >= 0.6 is 12.0 Å². The fraction of sp³-hybridized carbons (Fsp3) is 0.667. The van der Waals surface area contributed by atoms with Crippen molar-refractivity contribution >= 4 is 18.0 Å². The lowest BCUT2D eigenvalue weighted by molar-refractivity contribution is -0.145. The van der Waals surface area contributed by atoms with Crippen LogP contribution in [0.1, 0.15) is 0 Å². The van der Waals surface area contributed by atoms with Gasteiger partial charge in [0.1, 0.15) is 0 Å². The molecule has 0 aromatic heterocycles. The molecule has 0 aromatic rings. The summed E-state index contributed by atoms with van der Waals surface area (Å²) in [5.41, 5.74) is 0. The number of nitrogens with one attached hydrogen (secondary N) is 1. The molecule has 0 saturated carbocycles. The van der Waals surface area contributed by atoms with Gasteiger partial charge < -0.3 is 5.11 Å². The Morgan fingerprint density at radius 2 is 2.75 bits per heavy atom. The van der Waals surface area contributed by atoms with Gasteiger partial charge in [-0.2, -0.15) is 0 Å². The third kappa shape index (κ3) is 1.12. The largest absolute Gasteiger partial charge is 0.478 e. The van der Waals surface area contributed by atoms with Gasteiger partial charge in [0, 0.05) is 12.0 Å². The van der Waals surface area contributed by atoms with Crippen molar-refractivity contribution in [1.82, 2.24) is 5.32 Å². The average molecular weight is 135 g/mol. The maximum Gasteiger partial charge on any atom is 0.349 e. The molecule has 0 spiro atoms. The average Bonchev–Trinajstić information content (AvgIpc) is 2.12. The standard InChI is InChI=1S/C3H5NO3S/c5-3(6)2-4-1-8-7-2/h2,4H,1H2,(H,5,6)/t2-/m0/s1. The van der Waals surface area contributed by atoms with Crippen LogP contribution in [0, 0.1) is 0 Å². The second-order valence-corrected chi connectivity index (χ2v) is 2.00. The van der Waals surface area contributed by atoms with E-state index in [0.717, 1.165) is 12.0 Å². The first kappa shape index (κ1) is 5.87. The van der Waals surface area contributed by atoms with Crippen LogP contribution in [0.2, 0.25) is 0 Å². The van der Waals surface area contributed by atoms with Crippen molar-refractivity contribution < 1.29 is 14.1 Å². The molecule has 0 unspecified atom stereocenters. The van der Waals surface area contributed by atoms with Crippen LogP contribution in [0.4, 0.5) is 0 Å². The number of hydrogen-bond donors (Lipinski definition) is 2. The number of carboxylic acids is 1. The first-order valence-electron chi connectivity index (χ1n) is 2.05. The lowest BCUT2D eigenvalue weighted by Crippen LogP contribution is -2.31. The van der Waals surface area contributed by atoms with Crippen molar-refractivity contribution in [2.24, 2.45) is 0 Å². The van der Waals surface area contributed by atoms with E-state index < -0.39 is 12.2 Å². The van der Waals surface area contributed by atoms with Crippen molar-refractivity contribution in [1.29, 1.82) is 0 Å². The second kappa shape index (κ2) is 2.34. The van der Waals surface area contributed by atoms with Crippen molar-refractivity contribution in [2.45, 2.75) is 6.23 Å². The Balaban J connectivity index is 2.35. The topological polar surface area (TPSA) is 58.6 Å². The summed E-state index contributed by atoms with van der Waals surface area (Å²) in [6.07, 6.45) is -0.806. The van der Waals surface area contributed by atoms with Crippen LogP contribution in [0.3, 0.4) is 0 Å². The van der Waals surface area contributed by atoms with E-state index in [1.165, 1.54) is 0 Å². The van der Waals surface area contributed by atoms with E-state index in [-0.39, 0.29) is 0 Å². The van der Waals surface area contributed by atoms with Crippen molar-refractivity contribution in [3.63, 3.8) is 0 Å². The Labute approximate surface area is 50.4 Å². The maximum absolute atomic E-state index is 10.0. The van der Waals surface area contributed by atoms with Gasteiger partial charge in [-0.05, 0) is 0 Å². The minimum absolute atomic E-state index is 0.553. The highest BCUT2D eigenvalue weighted by Crippen LogP contribution is 2.11. The van der Waals surface area contributed by atoms with Crippen LogP contribution in [-0.2, 0) is 8.98 Å². The molecule has 1 atom stereocenters. The zero-order chi connectivity index (χ0) is 5.98. The summed E-state index contributed by atoms with van der Waals surface area (Å²) >= 11 is 1.12. The van der Waals surface area contributed by atoms with Crippen LogP contribution in [0.25, 0.3) is 0 Å². The lowest BCUT2D eigenvalue weighted by atomic mass is 10.6.